The smallest absolute Gasteiger partial charge is 0.0644 e. The lowest BCUT2D eigenvalue weighted by Gasteiger charge is -2.34. The first-order chi connectivity index (χ1) is 8.35. The highest BCUT2D eigenvalue weighted by molar-refractivity contribution is 7.98. The van der Waals surface area contributed by atoms with Crippen molar-refractivity contribution in [2.45, 2.75) is 17.5 Å². The molecule has 0 spiro atoms. The van der Waals surface area contributed by atoms with Gasteiger partial charge in [-0.05, 0) is 17.9 Å². The molecule has 0 amide bonds. The SMILES string of the molecule is CSc1ccccc1CN1CCOC[C@H]1CO. The molecule has 1 N–H and O–H groups in total. The molecule has 1 fully saturated rings. The summed E-state index contributed by atoms with van der Waals surface area (Å²) in [6, 6.07) is 8.59. The van der Waals surface area contributed by atoms with Crippen molar-refractivity contribution in [1.82, 2.24) is 4.90 Å². The van der Waals surface area contributed by atoms with Crippen LogP contribution in [0, 0.1) is 0 Å². The van der Waals surface area contributed by atoms with Crippen LogP contribution < -0.4 is 0 Å². The molecule has 1 aromatic rings. The molecule has 0 saturated carbocycles. The maximum atomic E-state index is 9.34. The Hall–Kier alpha value is -0.550. The predicted molar refractivity (Wildman–Crippen MR) is 70.3 cm³/mol. The van der Waals surface area contributed by atoms with Crippen molar-refractivity contribution in [3.8, 4) is 0 Å². The number of hydrogen-bond acceptors (Lipinski definition) is 4. The van der Waals surface area contributed by atoms with E-state index in [1.165, 1.54) is 10.5 Å². The summed E-state index contributed by atoms with van der Waals surface area (Å²) in [5.41, 5.74) is 1.33. The van der Waals surface area contributed by atoms with E-state index in [9.17, 15) is 5.11 Å². The normalized spacial score (nSPS) is 21.6. The number of aliphatic hydroxyl groups is 1. The van der Waals surface area contributed by atoms with Gasteiger partial charge in [0, 0.05) is 18.0 Å². The van der Waals surface area contributed by atoms with Crippen LogP contribution in [0.1, 0.15) is 5.56 Å². The highest BCUT2D eigenvalue weighted by Crippen LogP contribution is 2.22. The van der Waals surface area contributed by atoms with Crippen LogP contribution in [0.2, 0.25) is 0 Å². The third kappa shape index (κ3) is 3.22. The van der Waals surface area contributed by atoms with Crippen molar-refractivity contribution in [2.24, 2.45) is 0 Å². The molecule has 1 aliphatic heterocycles. The monoisotopic (exact) mass is 253 g/mol. The molecule has 0 aliphatic carbocycles. The van der Waals surface area contributed by atoms with Gasteiger partial charge < -0.3 is 9.84 Å². The summed E-state index contributed by atoms with van der Waals surface area (Å²) < 4.78 is 5.39. The highest BCUT2D eigenvalue weighted by atomic mass is 32.2. The summed E-state index contributed by atoms with van der Waals surface area (Å²) in [5, 5.41) is 9.34. The predicted octanol–water partition coefficient (Wildman–Crippen LogP) is 1.60. The quantitative estimate of drug-likeness (QED) is 0.826. The van der Waals surface area contributed by atoms with Crippen molar-refractivity contribution in [3.63, 3.8) is 0 Å². The largest absolute Gasteiger partial charge is 0.395 e. The summed E-state index contributed by atoms with van der Waals surface area (Å²) in [7, 11) is 0. The van der Waals surface area contributed by atoms with E-state index >= 15 is 0 Å². The van der Waals surface area contributed by atoms with E-state index in [4.69, 9.17) is 4.74 Å². The van der Waals surface area contributed by atoms with E-state index in [2.05, 4.69) is 35.4 Å². The standard InChI is InChI=1S/C13H19NO2S/c1-17-13-5-3-2-4-11(13)8-14-6-7-16-10-12(14)9-15/h2-5,12,15H,6-10H2,1H3/t12-/m1/s1. The van der Waals surface area contributed by atoms with Gasteiger partial charge in [-0.25, -0.2) is 0 Å². The van der Waals surface area contributed by atoms with Crippen LogP contribution in [0.25, 0.3) is 0 Å². The van der Waals surface area contributed by atoms with E-state index in [1.807, 2.05) is 0 Å². The molecule has 94 valence electrons. The molecule has 4 heteroatoms. The number of rotatable bonds is 4. The lowest BCUT2D eigenvalue weighted by atomic mass is 10.1. The molecule has 1 heterocycles. The van der Waals surface area contributed by atoms with Crippen molar-refractivity contribution in [3.05, 3.63) is 29.8 Å². The molecule has 17 heavy (non-hydrogen) atoms. The van der Waals surface area contributed by atoms with Crippen molar-refractivity contribution in [2.75, 3.05) is 32.6 Å². The fourth-order valence-electron chi connectivity index (χ4n) is 2.12. The summed E-state index contributed by atoms with van der Waals surface area (Å²) in [5.74, 6) is 0. The molecule has 0 unspecified atom stereocenters. The first-order valence-corrected chi connectivity index (χ1v) is 7.12. The fourth-order valence-corrected chi connectivity index (χ4v) is 2.73. The minimum Gasteiger partial charge on any atom is -0.395 e. The van der Waals surface area contributed by atoms with Crippen LogP contribution in [0.3, 0.4) is 0 Å². The van der Waals surface area contributed by atoms with E-state index in [0.29, 0.717) is 6.61 Å². The van der Waals surface area contributed by atoms with Crippen molar-refractivity contribution >= 4 is 11.8 Å². The number of morpholine rings is 1. The molecular formula is C13H19NO2S. The van der Waals surface area contributed by atoms with E-state index in [0.717, 1.165) is 19.7 Å². The maximum Gasteiger partial charge on any atom is 0.0644 e. The van der Waals surface area contributed by atoms with Crippen LogP contribution >= 0.6 is 11.8 Å². The second-order valence-corrected chi connectivity index (χ2v) is 5.04. The van der Waals surface area contributed by atoms with Crippen LogP contribution in [0.15, 0.2) is 29.2 Å². The second kappa shape index (κ2) is 6.40. The number of thioether (sulfide) groups is 1. The van der Waals surface area contributed by atoms with Gasteiger partial charge >= 0.3 is 0 Å². The molecule has 1 aliphatic rings. The van der Waals surface area contributed by atoms with Crippen LogP contribution in [0.5, 0.6) is 0 Å². The Kier molecular flexibility index (Phi) is 4.86. The molecule has 0 radical (unpaired) electrons. The number of nitrogens with zero attached hydrogens (tertiary/aromatic N) is 1. The van der Waals surface area contributed by atoms with Gasteiger partial charge in [0.1, 0.15) is 0 Å². The summed E-state index contributed by atoms with van der Waals surface area (Å²) in [6.07, 6.45) is 2.10. The molecule has 1 saturated heterocycles. The zero-order valence-corrected chi connectivity index (χ0v) is 10.9. The van der Waals surface area contributed by atoms with Gasteiger partial charge in [-0.3, -0.25) is 4.90 Å². The summed E-state index contributed by atoms with van der Waals surface area (Å²) in [4.78, 5) is 3.62. The van der Waals surface area contributed by atoms with Gasteiger partial charge in [0.25, 0.3) is 0 Å². The number of ether oxygens (including phenoxy) is 1. The average Bonchev–Trinajstić information content (AvgIpc) is 2.40. The molecule has 0 aromatic heterocycles. The first-order valence-electron chi connectivity index (χ1n) is 5.89. The third-order valence-electron chi connectivity index (χ3n) is 3.13. The molecule has 1 aromatic carbocycles. The second-order valence-electron chi connectivity index (χ2n) is 4.19. The van der Waals surface area contributed by atoms with Crippen LogP contribution in [-0.4, -0.2) is 48.7 Å². The Bertz CT molecular complexity index is 359. The van der Waals surface area contributed by atoms with Crippen molar-refractivity contribution in [1.29, 1.82) is 0 Å². The number of aliphatic hydroxyl groups excluding tert-OH is 1. The Morgan fingerprint density at radius 3 is 3.06 bits per heavy atom. The minimum absolute atomic E-state index is 0.138. The van der Waals surface area contributed by atoms with E-state index < -0.39 is 0 Å². The molecule has 1 atom stereocenters. The van der Waals surface area contributed by atoms with Gasteiger partial charge in [0.15, 0.2) is 0 Å². The third-order valence-corrected chi connectivity index (χ3v) is 3.96. The first kappa shape index (κ1) is 12.9. The number of benzene rings is 1. The topological polar surface area (TPSA) is 32.7 Å². The Morgan fingerprint density at radius 1 is 1.47 bits per heavy atom. The lowest BCUT2D eigenvalue weighted by Crippen LogP contribution is -2.46. The van der Waals surface area contributed by atoms with Gasteiger partial charge in [0.2, 0.25) is 0 Å². The number of hydrogen-bond donors (Lipinski definition) is 1. The Labute approximate surface area is 107 Å². The minimum atomic E-state index is 0.138. The van der Waals surface area contributed by atoms with Gasteiger partial charge in [-0.15, -0.1) is 11.8 Å². The van der Waals surface area contributed by atoms with E-state index in [-0.39, 0.29) is 12.6 Å². The van der Waals surface area contributed by atoms with Crippen LogP contribution in [0.4, 0.5) is 0 Å². The molecular weight excluding hydrogens is 234 g/mol. The lowest BCUT2D eigenvalue weighted by molar-refractivity contribution is -0.0315. The summed E-state index contributed by atoms with van der Waals surface area (Å²) in [6.45, 7) is 3.36. The zero-order chi connectivity index (χ0) is 12.1. The Balaban J connectivity index is 2.08. The van der Waals surface area contributed by atoms with Crippen LogP contribution in [-0.2, 0) is 11.3 Å². The van der Waals surface area contributed by atoms with Gasteiger partial charge in [0.05, 0.1) is 25.9 Å². The average molecular weight is 253 g/mol. The molecule has 3 nitrogen and oxygen atoms in total. The molecule has 0 bridgehead atoms. The highest BCUT2D eigenvalue weighted by Gasteiger charge is 2.22. The molecule has 2 rings (SSSR count). The van der Waals surface area contributed by atoms with E-state index in [1.54, 1.807) is 11.8 Å². The Morgan fingerprint density at radius 2 is 2.29 bits per heavy atom. The van der Waals surface area contributed by atoms with Gasteiger partial charge in [-0.2, -0.15) is 0 Å². The van der Waals surface area contributed by atoms with Gasteiger partial charge in [-0.1, -0.05) is 18.2 Å². The summed E-state index contributed by atoms with van der Waals surface area (Å²) >= 11 is 1.77. The fraction of sp³-hybridized carbons (Fsp3) is 0.538. The maximum absolute atomic E-state index is 9.34. The van der Waals surface area contributed by atoms with Crippen molar-refractivity contribution < 1.29 is 9.84 Å². The zero-order valence-electron chi connectivity index (χ0n) is 10.1.